The monoisotopic (exact) mass is 268 g/mol. The molecule has 0 saturated heterocycles. The van der Waals surface area contributed by atoms with Gasteiger partial charge in [0, 0.05) is 16.1 Å². The molecule has 15 heavy (non-hydrogen) atoms. The SMILES string of the molecule is CCc1cnc2[nH]c(C(=O)O)cc2c1Br. The molecule has 0 fully saturated rings. The quantitative estimate of drug-likeness (QED) is 0.880. The van der Waals surface area contributed by atoms with E-state index in [4.69, 9.17) is 5.11 Å². The first-order valence-electron chi connectivity index (χ1n) is 4.53. The van der Waals surface area contributed by atoms with Crippen LogP contribution in [0.15, 0.2) is 16.7 Å². The molecule has 0 aliphatic carbocycles. The number of carboxylic acids is 1. The standard InChI is InChI=1S/C10H9BrN2O2/c1-2-5-4-12-9-6(8(5)11)3-7(13-9)10(14)15/h3-4H,2H2,1H3,(H,12,13)(H,14,15). The van der Waals surface area contributed by atoms with Gasteiger partial charge in [0.1, 0.15) is 11.3 Å². The lowest BCUT2D eigenvalue weighted by molar-refractivity contribution is 0.0691. The third-order valence-electron chi connectivity index (χ3n) is 2.28. The average Bonchev–Trinajstić information content (AvgIpc) is 2.63. The molecular weight excluding hydrogens is 260 g/mol. The first-order valence-corrected chi connectivity index (χ1v) is 5.32. The number of carboxylic acid groups (broad SMARTS) is 1. The van der Waals surface area contributed by atoms with E-state index >= 15 is 0 Å². The van der Waals surface area contributed by atoms with E-state index in [1.54, 1.807) is 12.3 Å². The Morgan fingerprint density at radius 3 is 3.00 bits per heavy atom. The van der Waals surface area contributed by atoms with Crippen LogP contribution in [0, 0.1) is 0 Å². The summed E-state index contributed by atoms with van der Waals surface area (Å²) in [5.74, 6) is -0.974. The molecule has 0 amide bonds. The number of pyridine rings is 1. The van der Waals surface area contributed by atoms with Gasteiger partial charge in [-0.05, 0) is 34.0 Å². The molecule has 2 aromatic heterocycles. The van der Waals surface area contributed by atoms with Gasteiger partial charge in [0.2, 0.25) is 0 Å². The second-order valence-electron chi connectivity index (χ2n) is 3.20. The largest absolute Gasteiger partial charge is 0.477 e. The summed E-state index contributed by atoms with van der Waals surface area (Å²) in [5, 5.41) is 9.64. The highest BCUT2D eigenvalue weighted by Gasteiger charge is 2.12. The van der Waals surface area contributed by atoms with E-state index in [1.165, 1.54) is 0 Å². The second kappa shape index (κ2) is 3.66. The number of fused-ring (bicyclic) bond motifs is 1. The van der Waals surface area contributed by atoms with Gasteiger partial charge < -0.3 is 10.1 Å². The van der Waals surface area contributed by atoms with Crippen molar-refractivity contribution < 1.29 is 9.90 Å². The Bertz CT molecular complexity index is 533. The number of hydrogen-bond acceptors (Lipinski definition) is 2. The molecule has 0 spiro atoms. The number of nitrogens with one attached hydrogen (secondary N) is 1. The van der Waals surface area contributed by atoms with Gasteiger partial charge in [0.15, 0.2) is 0 Å². The Balaban J connectivity index is 2.71. The summed E-state index contributed by atoms with van der Waals surface area (Å²) >= 11 is 3.45. The minimum atomic E-state index is -0.974. The lowest BCUT2D eigenvalue weighted by Crippen LogP contribution is -1.94. The lowest BCUT2D eigenvalue weighted by atomic mass is 10.2. The smallest absolute Gasteiger partial charge is 0.352 e. The number of aromatic amines is 1. The molecule has 2 aromatic rings. The molecule has 2 rings (SSSR count). The number of aryl methyl sites for hydroxylation is 1. The third kappa shape index (κ3) is 1.63. The normalized spacial score (nSPS) is 10.8. The van der Waals surface area contributed by atoms with Crippen LogP contribution in [-0.2, 0) is 6.42 Å². The summed E-state index contributed by atoms with van der Waals surface area (Å²) in [6.45, 7) is 2.03. The minimum Gasteiger partial charge on any atom is -0.477 e. The highest BCUT2D eigenvalue weighted by atomic mass is 79.9. The van der Waals surface area contributed by atoms with Crippen molar-refractivity contribution in [3.05, 3.63) is 28.0 Å². The fourth-order valence-corrected chi connectivity index (χ4v) is 2.13. The maximum atomic E-state index is 10.8. The molecule has 0 aliphatic heterocycles. The van der Waals surface area contributed by atoms with Crippen molar-refractivity contribution in [1.29, 1.82) is 0 Å². The molecule has 2 N–H and O–H groups in total. The molecule has 2 heterocycles. The van der Waals surface area contributed by atoms with Gasteiger partial charge in [-0.2, -0.15) is 0 Å². The van der Waals surface area contributed by atoms with Crippen molar-refractivity contribution in [3.8, 4) is 0 Å². The number of nitrogens with zero attached hydrogens (tertiary/aromatic N) is 1. The molecule has 0 bridgehead atoms. The van der Waals surface area contributed by atoms with Crippen LogP contribution in [0.2, 0.25) is 0 Å². The van der Waals surface area contributed by atoms with Crippen molar-refractivity contribution in [3.63, 3.8) is 0 Å². The van der Waals surface area contributed by atoms with Gasteiger partial charge in [0.05, 0.1) is 0 Å². The molecule has 78 valence electrons. The van der Waals surface area contributed by atoms with Crippen molar-refractivity contribution in [1.82, 2.24) is 9.97 Å². The average molecular weight is 269 g/mol. The number of H-pyrrole nitrogens is 1. The fraction of sp³-hybridized carbons (Fsp3) is 0.200. The van der Waals surface area contributed by atoms with Crippen LogP contribution in [0.4, 0.5) is 0 Å². The summed E-state index contributed by atoms with van der Waals surface area (Å²) in [5.41, 5.74) is 1.82. The Labute approximate surface area is 94.5 Å². The van der Waals surface area contributed by atoms with Crippen LogP contribution in [0.5, 0.6) is 0 Å². The van der Waals surface area contributed by atoms with Gasteiger partial charge in [-0.3, -0.25) is 0 Å². The van der Waals surface area contributed by atoms with Crippen molar-refractivity contribution in [2.75, 3.05) is 0 Å². The van der Waals surface area contributed by atoms with Gasteiger partial charge in [-0.25, -0.2) is 9.78 Å². The van der Waals surface area contributed by atoms with Crippen LogP contribution in [-0.4, -0.2) is 21.0 Å². The molecule has 0 unspecified atom stereocenters. The maximum absolute atomic E-state index is 10.8. The number of halogens is 1. The first kappa shape index (κ1) is 10.2. The van der Waals surface area contributed by atoms with E-state index < -0.39 is 5.97 Å². The van der Waals surface area contributed by atoms with E-state index in [9.17, 15) is 4.79 Å². The molecule has 0 aliphatic rings. The van der Waals surface area contributed by atoms with Crippen LogP contribution in [0.25, 0.3) is 11.0 Å². The van der Waals surface area contributed by atoms with Gasteiger partial charge in [-0.15, -0.1) is 0 Å². The zero-order valence-electron chi connectivity index (χ0n) is 8.04. The molecule has 0 radical (unpaired) electrons. The zero-order chi connectivity index (χ0) is 11.0. The van der Waals surface area contributed by atoms with Crippen LogP contribution < -0.4 is 0 Å². The Kier molecular flexibility index (Phi) is 2.48. The molecular formula is C10H9BrN2O2. The molecule has 4 nitrogen and oxygen atoms in total. The van der Waals surface area contributed by atoms with E-state index in [1.807, 2.05) is 6.92 Å². The number of carbonyl (C=O) groups is 1. The van der Waals surface area contributed by atoms with E-state index in [0.717, 1.165) is 21.8 Å². The molecule has 0 atom stereocenters. The molecule has 0 saturated carbocycles. The number of aromatic nitrogens is 2. The predicted molar refractivity (Wildman–Crippen MR) is 60.1 cm³/mol. The van der Waals surface area contributed by atoms with Crippen molar-refractivity contribution in [2.45, 2.75) is 13.3 Å². The summed E-state index contributed by atoms with van der Waals surface area (Å²) in [7, 11) is 0. The highest BCUT2D eigenvalue weighted by molar-refractivity contribution is 9.10. The van der Waals surface area contributed by atoms with E-state index in [2.05, 4.69) is 25.9 Å². The first-order chi connectivity index (χ1) is 7.13. The van der Waals surface area contributed by atoms with Crippen LogP contribution >= 0.6 is 15.9 Å². The Morgan fingerprint density at radius 2 is 2.40 bits per heavy atom. The van der Waals surface area contributed by atoms with Crippen LogP contribution in [0.1, 0.15) is 23.0 Å². The Morgan fingerprint density at radius 1 is 1.67 bits per heavy atom. The third-order valence-corrected chi connectivity index (χ3v) is 3.21. The fourth-order valence-electron chi connectivity index (χ4n) is 1.45. The lowest BCUT2D eigenvalue weighted by Gasteiger charge is -2.00. The summed E-state index contributed by atoms with van der Waals surface area (Å²) < 4.78 is 0.916. The van der Waals surface area contributed by atoms with E-state index in [-0.39, 0.29) is 5.69 Å². The number of rotatable bonds is 2. The zero-order valence-corrected chi connectivity index (χ0v) is 9.63. The minimum absolute atomic E-state index is 0.159. The highest BCUT2D eigenvalue weighted by Crippen LogP contribution is 2.27. The van der Waals surface area contributed by atoms with Gasteiger partial charge in [0.25, 0.3) is 0 Å². The van der Waals surface area contributed by atoms with Crippen molar-refractivity contribution >= 4 is 32.9 Å². The Hall–Kier alpha value is -1.36. The number of aromatic carboxylic acids is 1. The topological polar surface area (TPSA) is 66.0 Å². The van der Waals surface area contributed by atoms with Gasteiger partial charge >= 0.3 is 5.97 Å². The predicted octanol–water partition coefficient (Wildman–Crippen LogP) is 2.59. The maximum Gasteiger partial charge on any atom is 0.352 e. The molecule has 5 heteroatoms. The van der Waals surface area contributed by atoms with Crippen molar-refractivity contribution in [2.24, 2.45) is 0 Å². The second-order valence-corrected chi connectivity index (χ2v) is 3.99. The van der Waals surface area contributed by atoms with Gasteiger partial charge in [-0.1, -0.05) is 6.92 Å². The molecule has 0 aromatic carbocycles. The summed E-state index contributed by atoms with van der Waals surface area (Å²) in [6, 6.07) is 1.59. The van der Waals surface area contributed by atoms with Crippen LogP contribution in [0.3, 0.4) is 0 Å². The summed E-state index contributed by atoms with van der Waals surface area (Å²) in [4.78, 5) is 17.7. The number of hydrogen-bond donors (Lipinski definition) is 2. The summed E-state index contributed by atoms with van der Waals surface area (Å²) in [6.07, 6.45) is 2.60. The van der Waals surface area contributed by atoms with E-state index in [0.29, 0.717) is 5.65 Å².